The highest BCUT2D eigenvalue weighted by molar-refractivity contribution is 5.92. The topological polar surface area (TPSA) is 46.5 Å². The van der Waals surface area contributed by atoms with Gasteiger partial charge in [-0.3, -0.25) is 4.79 Å². The lowest BCUT2D eigenvalue weighted by Gasteiger charge is -2.25. The van der Waals surface area contributed by atoms with Crippen molar-refractivity contribution in [1.29, 1.82) is 0 Å². The summed E-state index contributed by atoms with van der Waals surface area (Å²) in [6.07, 6.45) is 6.44. The normalized spacial score (nSPS) is 25.1. The molecule has 1 aromatic heterocycles. The number of aromatic nitrogens is 1. The summed E-state index contributed by atoms with van der Waals surface area (Å²) >= 11 is 0. The number of piperidine rings is 1. The van der Waals surface area contributed by atoms with Crippen LogP contribution in [0.5, 0.6) is 5.75 Å². The number of nitrogens with zero attached hydrogens (tertiary/aromatic N) is 2. The predicted molar refractivity (Wildman–Crippen MR) is 104 cm³/mol. The Balaban J connectivity index is 1.71. The van der Waals surface area contributed by atoms with Crippen LogP contribution in [0, 0.1) is 18.7 Å². The molecule has 5 nitrogen and oxygen atoms in total. The predicted octanol–water partition coefficient (Wildman–Crippen LogP) is 2.98. The molecule has 6 heteroatoms. The highest BCUT2D eigenvalue weighted by Crippen LogP contribution is 2.44. The first-order valence-corrected chi connectivity index (χ1v) is 9.98. The minimum absolute atomic E-state index is 0.109. The van der Waals surface area contributed by atoms with Crippen LogP contribution >= 0.6 is 0 Å². The van der Waals surface area contributed by atoms with Crippen molar-refractivity contribution in [1.82, 2.24) is 9.88 Å². The molecule has 2 saturated heterocycles. The highest BCUT2D eigenvalue weighted by Gasteiger charge is 2.37. The maximum atomic E-state index is 15.3. The van der Waals surface area contributed by atoms with Crippen molar-refractivity contribution < 1.29 is 9.13 Å². The first-order valence-electron chi connectivity index (χ1n) is 9.98. The molecule has 1 saturated carbocycles. The van der Waals surface area contributed by atoms with E-state index in [4.69, 9.17) is 4.74 Å². The third-order valence-corrected chi connectivity index (χ3v) is 6.44. The van der Waals surface area contributed by atoms with E-state index in [0.717, 1.165) is 38.0 Å². The number of pyridine rings is 1. The Bertz CT molecular complexity index is 952. The number of anilines is 1. The van der Waals surface area contributed by atoms with Crippen molar-refractivity contribution in [2.24, 2.45) is 5.92 Å². The number of aryl methyl sites for hydroxylation is 1. The van der Waals surface area contributed by atoms with Crippen LogP contribution in [-0.2, 0) is 0 Å². The molecule has 1 N–H and O–H groups in total. The summed E-state index contributed by atoms with van der Waals surface area (Å²) in [5.74, 6) is 0.692. The summed E-state index contributed by atoms with van der Waals surface area (Å²) in [5, 5.41) is 4.00. The number of hydrogen-bond acceptors (Lipinski definition) is 4. The summed E-state index contributed by atoms with van der Waals surface area (Å²) in [6.45, 7) is 4.45. The Morgan fingerprint density at radius 1 is 1.26 bits per heavy atom. The fraction of sp³-hybridized carbons (Fsp3) is 0.571. The van der Waals surface area contributed by atoms with E-state index in [9.17, 15) is 4.79 Å². The molecular weight excluding hydrogens is 345 g/mol. The molecule has 27 heavy (non-hydrogen) atoms. The van der Waals surface area contributed by atoms with Crippen LogP contribution in [0.2, 0.25) is 0 Å². The minimum Gasteiger partial charge on any atom is -0.492 e. The SMILES string of the molecule is COc1c(N2C[C@@H]3CCCN[C@@H]3C2)c(F)cc2c(=O)c(C)cn(C3CC3)c12. The maximum Gasteiger partial charge on any atom is 0.192 e. The van der Waals surface area contributed by atoms with Gasteiger partial charge in [0.05, 0.1) is 18.0 Å². The number of benzene rings is 1. The van der Waals surface area contributed by atoms with Gasteiger partial charge < -0.3 is 19.5 Å². The second-order valence-electron chi connectivity index (χ2n) is 8.28. The lowest BCUT2D eigenvalue weighted by atomic mass is 9.94. The Morgan fingerprint density at radius 3 is 2.78 bits per heavy atom. The standard InChI is InChI=1S/C21H26FN3O2/c1-12-9-25(14-5-6-14)18-15(20(12)26)8-16(22)19(21(18)27-2)24-10-13-4-3-7-23-17(13)11-24/h8-9,13-14,17,23H,3-7,10-11H2,1-2H3/t13-,17+/m0/s1. The van der Waals surface area contributed by atoms with Gasteiger partial charge in [-0.15, -0.1) is 0 Å². The average molecular weight is 371 g/mol. The van der Waals surface area contributed by atoms with Crippen molar-refractivity contribution >= 4 is 16.6 Å². The molecule has 0 bridgehead atoms. The lowest BCUT2D eigenvalue weighted by molar-refractivity contribution is 0.340. The molecule has 0 amide bonds. The monoisotopic (exact) mass is 371 g/mol. The van der Waals surface area contributed by atoms with E-state index < -0.39 is 0 Å². The zero-order valence-corrected chi connectivity index (χ0v) is 15.9. The van der Waals surface area contributed by atoms with E-state index in [1.165, 1.54) is 18.9 Å². The summed E-state index contributed by atoms with van der Waals surface area (Å²) in [7, 11) is 1.58. The second kappa shape index (κ2) is 6.23. The first-order chi connectivity index (χ1) is 13.1. The molecule has 144 valence electrons. The summed E-state index contributed by atoms with van der Waals surface area (Å²) in [4.78, 5) is 14.8. The van der Waals surface area contributed by atoms with Gasteiger partial charge in [-0.1, -0.05) is 0 Å². The van der Waals surface area contributed by atoms with E-state index in [1.54, 1.807) is 14.0 Å². The van der Waals surface area contributed by atoms with Gasteiger partial charge >= 0.3 is 0 Å². The molecule has 2 aromatic rings. The van der Waals surface area contributed by atoms with E-state index in [-0.39, 0.29) is 11.2 Å². The maximum absolute atomic E-state index is 15.3. The molecule has 0 unspecified atom stereocenters. The third-order valence-electron chi connectivity index (χ3n) is 6.44. The van der Waals surface area contributed by atoms with E-state index in [1.807, 2.05) is 6.20 Å². The van der Waals surface area contributed by atoms with Crippen molar-refractivity contribution in [3.63, 3.8) is 0 Å². The Kier molecular flexibility index (Phi) is 3.93. The zero-order chi connectivity index (χ0) is 18.7. The fourth-order valence-electron chi connectivity index (χ4n) is 4.94. The van der Waals surface area contributed by atoms with Gasteiger partial charge in [0.1, 0.15) is 5.69 Å². The highest BCUT2D eigenvalue weighted by atomic mass is 19.1. The van der Waals surface area contributed by atoms with Crippen LogP contribution in [0.25, 0.3) is 10.9 Å². The van der Waals surface area contributed by atoms with Crippen molar-refractivity contribution in [3.8, 4) is 5.75 Å². The van der Waals surface area contributed by atoms with Gasteiger partial charge in [0.2, 0.25) is 0 Å². The Morgan fingerprint density at radius 2 is 2.07 bits per heavy atom. The van der Waals surface area contributed by atoms with Crippen LogP contribution in [0.3, 0.4) is 0 Å². The molecule has 0 radical (unpaired) electrons. The molecule has 3 aliphatic rings. The summed E-state index contributed by atoms with van der Waals surface area (Å²) < 4.78 is 23.2. The molecule has 3 fully saturated rings. The van der Waals surface area contributed by atoms with Crippen molar-refractivity contribution in [2.75, 3.05) is 31.6 Å². The Labute approximate surface area is 158 Å². The van der Waals surface area contributed by atoms with Crippen molar-refractivity contribution in [2.45, 2.75) is 44.7 Å². The van der Waals surface area contributed by atoms with E-state index in [0.29, 0.717) is 40.4 Å². The number of methoxy groups -OCH3 is 1. The number of halogens is 1. The van der Waals surface area contributed by atoms with Gasteiger partial charge in [-0.05, 0) is 51.1 Å². The smallest absolute Gasteiger partial charge is 0.192 e. The summed E-state index contributed by atoms with van der Waals surface area (Å²) in [6, 6.07) is 2.21. The average Bonchev–Trinajstić information content (AvgIpc) is 3.42. The number of nitrogens with one attached hydrogen (secondary N) is 1. The van der Waals surface area contributed by atoms with Crippen LogP contribution in [0.15, 0.2) is 17.1 Å². The van der Waals surface area contributed by atoms with Gasteiger partial charge in [0.15, 0.2) is 17.0 Å². The van der Waals surface area contributed by atoms with E-state index >= 15 is 4.39 Å². The van der Waals surface area contributed by atoms with Crippen LogP contribution in [-0.4, -0.2) is 37.4 Å². The number of hydrogen-bond donors (Lipinski definition) is 1. The molecule has 1 aliphatic carbocycles. The molecule has 3 heterocycles. The molecule has 1 aromatic carbocycles. The molecule has 0 spiro atoms. The lowest BCUT2D eigenvalue weighted by Crippen LogP contribution is -2.40. The van der Waals surface area contributed by atoms with Gasteiger partial charge in [-0.25, -0.2) is 4.39 Å². The van der Waals surface area contributed by atoms with Crippen LogP contribution < -0.4 is 20.4 Å². The number of ether oxygens (including phenoxy) is 1. The molecule has 5 rings (SSSR count). The molecule has 2 atom stereocenters. The fourth-order valence-corrected chi connectivity index (χ4v) is 4.94. The van der Waals surface area contributed by atoms with Crippen LogP contribution in [0.4, 0.5) is 10.1 Å². The largest absolute Gasteiger partial charge is 0.492 e. The van der Waals surface area contributed by atoms with Gasteiger partial charge in [0.25, 0.3) is 0 Å². The van der Waals surface area contributed by atoms with Gasteiger partial charge in [0, 0.05) is 36.9 Å². The van der Waals surface area contributed by atoms with Crippen LogP contribution in [0.1, 0.15) is 37.3 Å². The number of fused-ring (bicyclic) bond motifs is 2. The Hall–Kier alpha value is -2.08. The summed E-state index contributed by atoms with van der Waals surface area (Å²) in [5.41, 5.74) is 1.80. The quantitative estimate of drug-likeness (QED) is 0.901. The second-order valence-corrected chi connectivity index (χ2v) is 8.28. The van der Waals surface area contributed by atoms with Crippen molar-refractivity contribution in [3.05, 3.63) is 33.9 Å². The minimum atomic E-state index is -0.358. The zero-order valence-electron chi connectivity index (χ0n) is 15.9. The number of rotatable bonds is 3. The molecule has 2 aliphatic heterocycles. The van der Waals surface area contributed by atoms with Gasteiger partial charge in [-0.2, -0.15) is 0 Å². The third kappa shape index (κ3) is 2.64. The molecular formula is C21H26FN3O2. The first kappa shape index (κ1) is 17.0. The van der Waals surface area contributed by atoms with E-state index in [2.05, 4.69) is 14.8 Å².